The Morgan fingerprint density at radius 1 is 0.839 bits per heavy atom. The molecule has 0 unspecified atom stereocenters. The minimum absolute atomic E-state index is 0.0470. The maximum absolute atomic E-state index is 13.5. The summed E-state index contributed by atoms with van der Waals surface area (Å²) in [6.07, 6.45) is 2.89. The molecule has 0 bridgehead atoms. The van der Waals surface area contributed by atoms with E-state index >= 15 is 0 Å². The number of para-hydroxylation sites is 1. The molecule has 0 radical (unpaired) electrons. The zero-order valence-electron chi connectivity index (χ0n) is 17.3. The smallest absolute Gasteiger partial charge is 0.318 e. The van der Waals surface area contributed by atoms with Gasteiger partial charge in [0.1, 0.15) is 0 Å². The summed E-state index contributed by atoms with van der Waals surface area (Å²) in [5.74, 6) is 0. The van der Waals surface area contributed by atoms with Crippen LogP contribution in [0.1, 0.15) is 28.4 Å². The summed E-state index contributed by atoms with van der Waals surface area (Å²) >= 11 is 0. The SMILES string of the molecule is O=C(NCCc1ccccc1)N1Cc2ccccc2-n2cccc2[C@@H]1c1ccccc1. The maximum Gasteiger partial charge on any atom is 0.318 e. The molecule has 0 aliphatic carbocycles. The van der Waals surface area contributed by atoms with Crippen molar-refractivity contribution in [3.05, 3.63) is 126 Å². The number of benzene rings is 3. The van der Waals surface area contributed by atoms with Crippen LogP contribution in [-0.4, -0.2) is 22.0 Å². The van der Waals surface area contributed by atoms with Crippen molar-refractivity contribution in [1.82, 2.24) is 14.8 Å². The Hall–Kier alpha value is -3.79. The molecule has 0 saturated heterocycles. The monoisotopic (exact) mass is 407 g/mol. The molecule has 1 N–H and O–H groups in total. The lowest BCUT2D eigenvalue weighted by molar-refractivity contribution is 0.181. The largest absolute Gasteiger partial charge is 0.338 e. The minimum Gasteiger partial charge on any atom is -0.338 e. The number of nitrogens with one attached hydrogen (secondary N) is 1. The van der Waals surface area contributed by atoms with Crippen molar-refractivity contribution in [3.8, 4) is 5.69 Å². The van der Waals surface area contributed by atoms with Crippen molar-refractivity contribution in [3.63, 3.8) is 0 Å². The molecule has 0 fully saturated rings. The second-order valence-corrected chi connectivity index (χ2v) is 7.84. The molecular weight excluding hydrogens is 382 g/mol. The number of urea groups is 1. The fourth-order valence-electron chi connectivity index (χ4n) is 4.39. The third kappa shape index (κ3) is 3.84. The fourth-order valence-corrected chi connectivity index (χ4v) is 4.39. The summed E-state index contributed by atoms with van der Waals surface area (Å²) in [5.41, 5.74) is 5.68. The fraction of sp³-hybridized carbons (Fsp3) is 0.148. The summed E-state index contributed by atoms with van der Waals surface area (Å²) in [6, 6.07) is 32.8. The highest BCUT2D eigenvalue weighted by molar-refractivity contribution is 5.76. The predicted octanol–water partition coefficient (Wildman–Crippen LogP) is 5.33. The van der Waals surface area contributed by atoms with E-state index in [1.165, 1.54) is 5.56 Å². The van der Waals surface area contributed by atoms with Crippen molar-refractivity contribution in [2.75, 3.05) is 6.54 Å². The Balaban J connectivity index is 1.49. The number of aromatic nitrogens is 1. The number of rotatable bonds is 4. The average molecular weight is 408 g/mol. The second-order valence-electron chi connectivity index (χ2n) is 7.84. The van der Waals surface area contributed by atoms with E-state index in [-0.39, 0.29) is 12.1 Å². The van der Waals surface area contributed by atoms with Crippen LogP contribution in [0.3, 0.4) is 0 Å². The van der Waals surface area contributed by atoms with Crippen LogP contribution < -0.4 is 5.32 Å². The van der Waals surface area contributed by atoms with Crippen LogP contribution in [0.5, 0.6) is 0 Å². The van der Waals surface area contributed by atoms with Crippen molar-refractivity contribution in [2.45, 2.75) is 19.0 Å². The molecule has 4 heteroatoms. The van der Waals surface area contributed by atoms with Gasteiger partial charge in [0.25, 0.3) is 0 Å². The van der Waals surface area contributed by atoms with Gasteiger partial charge >= 0.3 is 6.03 Å². The van der Waals surface area contributed by atoms with Gasteiger partial charge in [-0.15, -0.1) is 0 Å². The van der Waals surface area contributed by atoms with E-state index in [0.29, 0.717) is 13.1 Å². The molecule has 0 saturated carbocycles. The molecule has 154 valence electrons. The van der Waals surface area contributed by atoms with E-state index in [2.05, 4.69) is 70.7 Å². The number of carbonyl (C=O) groups excluding carboxylic acids is 1. The molecule has 4 nitrogen and oxygen atoms in total. The van der Waals surface area contributed by atoms with Gasteiger partial charge in [0.05, 0.1) is 18.3 Å². The van der Waals surface area contributed by atoms with Crippen LogP contribution in [0.4, 0.5) is 4.79 Å². The molecule has 2 amide bonds. The first-order valence-electron chi connectivity index (χ1n) is 10.7. The highest BCUT2D eigenvalue weighted by atomic mass is 16.2. The summed E-state index contributed by atoms with van der Waals surface area (Å²) in [5, 5.41) is 3.16. The normalized spacial score (nSPS) is 15.0. The topological polar surface area (TPSA) is 37.3 Å². The van der Waals surface area contributed by atoms with Crippen molar-refractivity contribution < 1.29 is 4.79 Å². The average Bonchev–Trinajstić information content (AvgIpc) is 3.24. The van der Waals surface area contributed by atoms with Gasteiger partial charge in [0.2, 0.25) is 0 Å². The summed E-state index contributed by atoms with van der Waals surface area (Å²) < 4.78 is 2.21. The quantitative estimate of drug-likeness (QED) is 0.487. The third-order valence-corrected chi connectivity index (χ3v) is 5.87. The number of hydrogen-bond donors (Lipinski definition) is 1. The van der Waals surface area contributed by atoms with E-state index in [9.17, 15) is 4.79 Å². The highest BCUT2D eigenvalue weighted by Gasteiger charge is 2.32. The van der Waals surface area contributed by atoms with Crippen LogP contribution in [-0.2, 0) is 13.0 Å². The zero-order valence-corrected chi connectivity index (χ0v) is 17.3. The number of hydrogen-bond acceptors (Lipinski definition) is 1. The summed E-state index contributed by atoms with van der Waals surface area (Å²) in [7, 11) is 0. The number of fused-ring (bicyclic) bond motifs is 3. The molecule has 3 aromatic carbocycles. The van der Waals surface area contributed by atoms with E-state index in [0.717, 1.165) is 28.9 Å². The van der Waals surface area contributed by atoms with Gasteiger partial charge in [-0.05, 0) is 41.3 Å². The van der Waals surface area contributed by atoms with Gasteiger partial charge in [0.15, 0.2) is 0 Å². The van der Waals surface area contributed by atoms with Gasteiger partial charge in [-0.1, -0.05) is 78.9 Å². The lowest BCUT2D eigenvalue weighted by atomic mass is 10.0. The molecule has 0 spiro atoms. The van der Waals surface area contributed by atoms with Crippen LogP contribution in [0, 0.1) is 0 Å². The van der Waals surface area contributed by atoms with E-state index in [4.69, 9.17) is 0 Å². The first kappa shape index (κ1) is 19.2. The van der Waals surface area contributed by atoms with Crippen LogP contribution in [0.15, 0.2) is 103 Å². The molecule has 1 atom stereocenters. The van der Waals surface area contributed by atoms with Crippen molar-refractivity contribution in [2.24, 2.45) is 0 Å². The number of amides is 2. The second kappa shape index (κ2) is 8.52. The van der Waals surface area contributed by atoms with Gasteiger partial charge in [-0.2, -0.15) is 0 Å². The Bertz CT molecular complexity index is 1170. The molecule has 2 heterocycles. The molecule has 1 aromatic heterocycles. The summed E-state index contributed by atoms with van der Waals surface area (Å²) in [4.78, 5) is 15.4. The highest BCUT2D eigenvalue weighted by Crippen LogP contribution is 2.36. The molecule has 31 heavy (non-hydrogen) atoms. The Morgan fingerprint density at radius 2 is 1.55 bits per heavy atom. The van der Waals surface area contributed by atoms with E-state index in [1.807, 2.05) is 47.4 Å². The Kier molecular flexibility index (Phi) is 5.28. The lowest BCUT2D eigenvalue weighted by Gasteiger charge is -2.31. The zero-order chi connectivity index (χ0) is 21.0. The maximum atomic E-state index is 13.5. The first-order valence-corrected chi connectivity index (χ1v) is 10.7. The predicted molar refractivity (Wildman–Crippen MR) is 123 cm³/mol. The summed E-state index contributed by atoms with van der Waals surface area (Å²) in [6.45, 7) is 1.15. The van der Waals surface area contributed by atoms with Gasteiger partial charge in [-0.3, -0.25) is 0 Å². The lowest BCUT2D eigenvalue weighted by Crippen LogP contribution is -2.42. The van der Waals surface area contributed by atoms with E-state index in [1.54, 1.807) is 0 Å². The number of carbonyl (C=O) groups is 1. The van der Waals surface area contributed by atoms with Gasteiger partial charge in [0, 0.05) is 18.4 Å². The molecule has 5 rings (SSSR count). The van der Waals surface area contributed by atoms with Crippen molar-refractivity contribution >= 4 is 6.03 Å². The number of nitrogens with zero attached hydrogens (tertiary/aromatic N) is 2. The van der Waals surface area contributed by atoms with Crippen molar-refractivity contribution in [1.29, 1.82) is 0 Å². The van der Waals surface area contributed by atoms with E-state index < -0.39 is 0 Å². The standard InChI is InChI=1S/C27H25N3O/c31-27(28-18-17-21-10-3-1-4-11-21)30-20-23-14-7-8-15-24(23)29-19-9-16-25(29)26(30)22-12-5-2-6-13-22/h1-16,19,26H,17-18,20H2,(H,28,31)/t26-/m0/s1. The first-order chi connectivity index (χ1) is 15.3. The Morgan fingerprint density at radius 3 is 2.35 bits per heavy atom. The molecule has 4 aromatic rings. The van der Waals surface area contributed by atoms with Gasteiger partial charge in [-0.25, -0.2) is 4.79 Å². The minimum atomic E-state index is -0.166. The van der Waals surface area contributed by atoms with Crippen LogP contribution >= 0.6 is 0 Å². The molecular formula is C27H25N3O. The van der Waals surface area contributed by atoms with Gasteiger partial charge < -0.3 is 14.8 Å². The van der Waals surface area contributed by atoms with Crippen LogP contribution in [0.2, 0.25) is 0 Å². The molecule has 1 aliphatic heterocycles. The van der Waals surface area contributed by atoms with Crippen LogP contribution in [0.25, 0.3) is 5.69 Å². The third-order valence-electron chi connectivity index (χ3n) is 5.87. The Labute approximate surface area is 182 Å². The molecule has 1 aliphatic rings.